The van der Waals surface area contributed by atoms with Crippen molar-refractivity contribution in [2.24, 2.45) is 11.3 Å². The van der Waals surface area contributed by atoms with Crippen LogP contribution in [0.2, 0.25) is 0 Å². The van der Waals surface area contributed by atoms with Gasteiger partial charge in [-0.1, -0.05) is 13.3 Å². The lowest BCUT2D eigenvalue weighted by Crippen LogP contribution is -2.53. The van der Waals surface area contributed by atoms with Crippen LogP contribution in [0.3, 0.4) is 0 Å². The molecule has 2 saturated heterocycles. The highest BCUT2D eigenvalue weighted by Crippen LogP contribution is 2.35. The number of carboxylic acids is 1. The maximum absolute atomic E-state index is 12.6. The highest BCUT2D eigenvalue weighted by molar-refractivity contribution is 5.79. The van der Waals surface area contributed by atoms with Gasteiger partial charge in [-0.3, -0.25) is 4.79 Å². The molecule has 2 aliphatic heterocycles. The highest BCUT2D eigenvalue weighted by atomic mass is 16.4. The zero-order chi connectivity index (χ0) is 15.5. The third-order valence-corrected chi connectivity index (χ3v) is 4.84. The molecule has 2 heterocycles. The summed E-state index contributed by atoms with van der Waals surface area (Å²) in [6, 6.07) is -0.0626. The van der Waals surface area contributed by atoms with Crippen LogP contribution in [0.15, 0.2) is 0 Å². The van der Waals surface area contributed by atoms with Crippen molar-refractivity contribution < 1.29 is 19.8 Å². The van der Waals surface area contributed by atoms with Crippen LogP contribution in [-0.2, 0) is 4.79 Å². The summed E-state index contributed by atoms with van der Waals surface area (Å²) in [4.78, 5) is 27.7. The second-order valence-corrected chi connectivity index (χ2v) is 6.43. The largest absolute Gasteiger partial charge is 0.481 e. The number of aliphatic hydroxyl groups excluding tert-OH is 1. The molecule has 6 heteroatoms. The molecule has 0 bridgehead atoms. The van der Waals surface area contributed by atoms with Gasteiger partial charge in [-0.05, 0) is 25.7 Å². The molecule has 2 rings (SSSR count). The lowest BCUT2D eigenvalue weighted by molar-refractivity contribution is -0.152. The summed E-state index contributed by atoms with van der Waals surface area (Å²) < 4.78 is 0. The number of amides is 2. The Morgan fingerprint density at radius 2 is 2.05 bits per heavy atom. The average Bonchev–Trinajstić information content (AvgIpc) is 2.96. The monoisotopic (exact) mass is 298 g/mol. The van der Waals surface area contributed by atoms with Crippen LogP contribution < -0.4 is 0 Å². The molecule has 21 heavy (non-hydrogen) atoms. The minimum absolute atomic E-state index is 0.0626. The van der Waals surface area contributed by atoms with E-state index in [-0.39, 0.29) is 18.6 Å². The van der Waals surface area contributed by atoms with E-state index < -0.39 is 11.4 Å². The zero-order valence-corrected chi connectivity index (χ0v) is 12.8. The van der Waals surface area contributed by atoms with E-state index in [0.717, 1.165) is 19.3 Å². The molecule has 0 aromatic carbocycles. The molecule has 0 aliphatic carbocycles. The first kappa shape index (κ1) is 16.1. The summed E-state index contributed by atoms with van der Waals surface area (Å²) in [6.45, 7) is 4.29. The Morgan fingerprint density at radius 1 is 1.29 bits per heavy atom. The summed E-state index contributed by atoms with van der Waals surface area (Å²) in [5.41, 5.74) is -0.779. The van der Waals surface area contributed by atoms with Crippen LogP contribution in [0, 0.1) is 11.3 Å². The Hall–Kier alpha value is -1.30. The van der Waals surface area contributed by atoms with Crippen molar-refractivity contribution in [2.45, 2.75) is 39.0 Å². The Balaban J connectivity index is 2.03. The van der Waals surface area contributed by atoms with Crippen molar-refractivity contribution in [3.8, 4) is 0 Å². The predicted molar refractivity (Wildman–Crippen MR) is 77.9 cm³/mol. The van der Waals surface area contributed by atoms with Crippen molar-refractivity contribution >= 4 is 12.0 Å². The fraction of sp³-hybridized carbons (Fsp3) is 0.867. The molecule has 0 radical (unpaired) electrons. The Labute approximate surface area is 125 Å². The maximum atomic E-state index is 12.6. The first-order chi connectivity index (χ1) is 10.0. The molecule has 2 atom stereocenters. The number of nitrogens with zero attached hydrogens (tertiary/aromatic N) is 2. The number of hydrogen-bond donors (Lipinski definition) is 2. The van der Waals surface area contributed by atoms with E-state index in [9.17, 15) is 19.8 Å². The Bertz CT molecular complexity index is 397. The van der Waals surface area contributed by atoms with Crippen LogP contribution in [0.25, 0.3) is 0 Å². The van der Waals surface area contributed by atoms with Gasteiger partial charge in [0.1, 0.15) is 0 Å². The predicted octanol–water partition coefficient (Wildman–Crippen LogP) is 1.39. The number of urea groups is 1. The van der Waals surface area contributed by atoms with Crippen LogP contribution in [-0.4, -0.2) is 64.8 Å². The number of aliphatic hydroxyl groups is 1. The van der Waals surface area contributed by atoms with E-state index in [2.05, 4.69) is 0 Å². The number of carbonyl (C=O) groups is 2. The van der Waals surface area contributed by atoms with Crippen molar-refractivity contribution in [1.82, 2.24) is 9.80 Å². The number of hydrogen-bond acceptors (Lipinski definition) is 3. The minimum Gasteiger partial charge on any atom is -0.481 e. The van der Waals surface area contributed by atoms with E-state index in [4.69, 9.17) is 0 Å². The van der Waals surface area contributed by atoms with E-state index in [1.54, 1.807) is 9.80 Å². The summed E-state index contributed by atoms with van der Waals surface area (Å²) in [5, 5.41) is 18.8. The number of rotatable bonds is 4. The van der Waals surface area contributed by atoms with Gasteiger partial charge >= 0.3 is 12.0 Å². The molecule has 2 fully saturated rings. The second-order valence-electron chi connectivity index (χ2n) is 6.43. The Kier molecular flexibility index (Phi) is 5.08. The third kappa shape index (κ3) is 3.31. The maximum Gasteiger partial charge on any atom is 0.320 e. The molecule has 0 aromatic heterocycles. The van der Waals surface area contributed by atoms with Crippen molar-refractivity contribution in [3.63, 3.8) is 0 Å². The van der Waals surface area contributed by atoms with Crippen LogP contribution in [0.5, 0.6) is 0 Å². The molecular weight excluding hydrogens is 272 g/mol. The summed E-state index contributed by atoms with van der Waals surface area (Å²) in [5.74, 6) is -0.616. The molecule has 6 nitrogen and oxygen atoms in total. The third-order valence-electron chi connectivity index (χ3n) is 4.84. The van der Waals surface area contributed by atoms with E-state index in [1.807, 2.05) is 6.92 Å². The average molecular weight is 298 g/mol. The normalized spacial score (nSPS) is 29.7. The number of aliphatic carboxylic acids is 1. The smallest absolute Gasteiger partial charge is 0.320 e. The van der Waals surface area contributed by atoms with Crippen molar-refractivity contribution in [1.29, 1.82) is 0 Å². The molecule has 0 aromatic rings. The second kappa shape index (κ2) is 6.64. The van der Waals surface area contributed by atoms with Crippen LogP contribution in [0.1, 0.15) is 39.0 Å². The van der Waals surface area contributed by atoms with Gasteiger partial charge in [-0.2, -0.15) is 0 Å². The van der Waals surface area contributed by atoms with Gasteiger partial charge < -0.3 is 20.0 Å². The molecule has 2 amide bonds. The van der Waals surface area contributed by atoms with Crippen LogP contribution >= 0.6 is 0 Å². The molecule has 2 aliphatic rings. The number of carbonyl (C=O) groups excluding carboxylic acids is 1. The van der Waals surface area contributed by atoms with Gasteiger partial charge in [0, 0.05) is 38.7 Å². The van der Waals surface area contributed by atoms with Gasteiger partial charge in [0.05, 0.1) is 5.41 Å². The van der Waals surface area contributed by atoms with Gasteiger partial charge in [0.25, 0.3) is 0 Å². The first-order valence-electron chi connectivity index (χ1n) is 7.90. The summed E-state index contributed by atoms with van der Waals surface area (Å²) in [6.07, 6.45) is 3.65. The summed E-state index contributed by atoms with van der Waals surface area (Å²) >= 11 is 0. The standard InChI is InChI=1S/C15H26N2O4/c1-2-5-15(13(19)20)6-3-7-17(11-15)14(21)16-8-4-12(9-16)10-18/h12,18H,2-11H2,1H3,(H,19,20). The SMILES string of the molecule is CCCC1(C(=O)O)CCCN(C(=O)N2CCC(CO)C2)C1. The lowest BCUT2D eigenvalue weighted by Gasteiger charge is -2.41. The fourth-order valence-corrected chi connectivity index (χ4v) is 3.61. The van der Waals surface area contributed by atoms with Gasteiger partial charge in [0.15, 0.2) is 0 Å². The summed E-state index contributed by atoms with van der Waals surface area (Å²) in [7, 11) is 0. The van der Waals surface area contributed by atoms with E-state index in [1.165, 1.54) is 0 Å². The highest BCUT2D eigenvalue weighted by Gasteiger charge is 2.44. The molecule has 2 N–H and O–H groups in total. The number of piperidine rings is 1. The lowest BCUT2D eigenvalue weighted by atomic mass is 9.76. The molecular formula is C15H26N2O4. The van der Waals surface area contributed by atoms with Crippen molar-refractivity contribution in [2.75, 3.05) is 32.8 Å². The van der Waals surface area contributed by atoms with E-state index in [0.29, 0.717) is 39.0 Å². The quantitative estimate of drug-likeness (QED) is 0.822. The van der Waals surface area contributed by atoms with Crippen molar-refractivity contribution in [3.05, 3.63) is 0 Å². The minimum atomic E-state index is -0.781. The molecule has 120 valence electrons. The van der Waals surface area contributed by atoms with Gasteiger partial charge in [-0.15, -0.1) is 0 Å². The van der Waals surface area contributed by atoms with E-state index >= 15 is 0 Å². The fourth-order valence-electron chi connectivity index (χ4n) is 3.61. The topological polar surface area (TPSA) is 81.1 Å². The molecule has 0 saturated carbocycles. The molecule has 0 spiro atoms. The van der Waals surface area contributed by atoms with Crippen LogP contribution in [0.4, 0.5) is 4.79 Å². The number of likely N-dealkylation sites (tertiary alicyclic amines) is 2. The number of carboxylic acid groups (broad SMARTS) is 1. The molecule has 2 unspecified atom stereocenters. The Morgan fingerprint density at radius 3 is 2.62 bits per heavy atom. The zero-order valence-electron chi connectivity index (χ0n) is 12.8. The van der Waals surface area contributed by atoms with Gasteiger partial charge in [-0.25, -0.2) is 4.79 Å². The first-order valence-corrected chi connectivity index (χ1v) is 7.90. The van der Waals surface area contributed by atoms with Gasteiger partial charge in [0.2, 0.25) is 0 Å².